The van der Waals surface area contributed by atoms with Gasteiger partial charge in [0, 0.05) is 25.4 Å². The smallest absolute Gasteiger partial charge is 0.113 e. The molecule has 0 amide bonds. The number of hydrogen-bond donors (Lipinski definition) is 2. The molecule has 5 atom stereocenters. The minimum absolute atomic E-state index is 0.216. The maximum Gasteiger partial charge on any atom is 0.113 e. The third-order valence-electron chi connectivity index (χ3n) is 3.21. The molecule has 114 valence electrons. The third-order valence-corrected chi connectivity index (χ3v) is 4.81. The molecule has 0 heterocycles. The van der Waals surface area contributed by atoms with Gasteiger partial charge in [0.2, 0.25) is 0 Å². The highest BCUT2D eigenvalue weighted by molar-refractivity contribution is 7.10. The Morgan fingerprint density at radius 2 is 1.95 bits per heavy atom. The van der Waals surface area contributed by atoms with Crippen LogP contribution in [0.15, 0.2) is 18.2 Å². The summed E-state index contributed by atoms with van der Waals surface area (Å²) in [6.07, 6.45) is -1.21. The molecule has 0 spiro atoms. The van der Waals surface area contributed by atoms with Crippen LogP contribution in [0.1, 0.15) is 25.0 Å². The first-order valence-electron chi connectivity index (χ1n) is 5.85. The predicted molar refractivity (Wildman–Crippen MR) is 86.9 cm³/mol. The summed E-state index contributed by atoms with van der Waals surface area (Å²) in [5.41, 5.74) is -0.264. The molecule has 1 rings (SSSR count). The number of aliphatic hydroxyl groups is 2. The normalized spacial score (nSPS) is 17.6. The highest BCUT2D eigenvalue weighted by atomic mass is 35.5. The second-order valence-electron chi connectivity index (χ2n) is 4.63. The van der Waals surface area contributed by atoms with E-state index in [4.69, 9.17) is 32.2 Å². The van der Waals surface area contributed by atoms with E-state index in [2.05, 4.69) is 18.9 Å². The molecule has 2 N–H and O–H groups in total. The largest absolute Gasteiger partial charge is 0.394 e. The highest BCUT2D eigenvalue weighted by Gasteiger charge is 2.37. The number of benzene rings is 1. The molecule has 0 aromatic heterocycles. The number of aliphatic hydroxyl groups excluding tert-OH is 2. The lowest BCUT2D eigenvalue weighted by Crippen LogP contribution is -2.44. The van der Waals surface area contributed by atoms with Gasteiger partial charge in [-0.2, -0.15) is 0 Å². The van der Waals surface area contributed by atoms with Crippen LogP contribution in [-0.2, 0) is 9.05 Å². The van der Waals surface area contributed by atoms with Crippen LogP contribution in [0.3, 0.4) is 0 Å². The molecule has 0 aliphatic carbocycles. The fourth-order valence-corrected chi connectivity index (χ4v) is 2.79. The lowest BCUT2D eigenvalue weighted by atomic mass is 9.90. The Morgan fingerprint density at radius 3 is 2.40 bits per heavy atom. The molecule has 8 heteroatoms. The monoisotopic (exact) mass is 358 g/mol. The standard InChI is InChI=1S/C12H18Cl2O4P2/c1-12(18-20,11(6-15)17-19)5-10(16)7-2-3-8(13)9(14)4-7/h2-4,10-11,15-16H,5-6,19-20H2,1H3/t10?,11?,12-/m1/s1. The van der Waals surface area contributed by atoms with Crippen molar-refractivity contribution in [2.24, 2.45) is 0 Å². The molecule has 0 saturated carbocycles. The Hall–Kier alpha value is 0.500. The van der Waals surface area contributed by atoms with Crippen LogP contribution in [-0.4, -0.2) is 28.5 Å². The second kappa shape index (κ2) is 8.22. The van der Waals surface area contributed by atoms with E-state index < -0.39 is 17.8 Å². The van der Waals surface area contributed by atoms with E-state index in [-0.39, 0.29) is 13.0 Å². The molecular formula is C12H18Cl2O4P2. The van der Waals surface area contributed by atoms with Gasteiger partial charge in [-0.05, 0) is 24.6 Å². The molecule has 1 aromatic carbocycles. The van der Waals surface area contributed by atoms with Crippen molar-refractivity contribution in [1.82, 2.24) is 0 Å². The van der Waals surface area contributed by atoms with E-state index >= 15 is 0 Å². The zero-order chi connectivity index (χ0) is 15.3. The Balaban J connectivity index is 2.91. The Morgan fingerprint density at radius 1 is 1.30 bits per heavy atom. The lowest BCUT2D eigenvalue weighted by Gasteiger charge is -2.35. The zero-order valence-electron chi connectivity index (χ0n) is 10.9. The molecule has 1 aromatic rings. The van der Waals surface area contributed by atoms with E-state index in [0.29, 0.717) is 15.6 Å². The second-order valence-corrected chi connectivity index (χ2v) is 5.95. The minimum atomic E-state index is -0.882. The third kappa shape index (κ3) is 4.50. The van der Waals surface area contributed by atoms with Crippen molar-refractivity contribution in [1.29, 1.82) is 0 Å². The van der Waals surface area contributed by atoms with Crippen LogP contribution in [0.2, 0.25) is 10.0 Å². The molecule has 20 heavy (non-hydrogen) atoms. The average molecular weight is 359 g/mol. The van der Waals surface area contributed by atoms with Crippen molar-refractivity contribution in [3.05, 3.63) is 33.8 Å². The van der Waals surface area contributed by atoms with E-state index in [1.807, 2.05) is 0 Å². The van der Waals surface area contributed by atoms with Crippen LogP contribution < -0.4 is 0 Å². The Kier molecular flexibility index (Phi) is 7.62. The van der Waals surface area contributed by atoms with E-state index in [9.17, 15) is 10.2 Å². The molecule has 0 radical (unpaired) electrons. The first-order chi connectivity index (χ1) is 9.37. The van der Waals surface area contributed by atoms with Crippen molar-refractivity contribution in [2.45, 2.75) is 31.2 Å². The summed E-state index contributed by atoms with van der Waals surface area (Å²) in [6.45, 7) is 1.51. The summed E-state index contributed by atoms with van der Waals surface area (Å²) in [4.78, 5) is 0. The summed E-state index contributed by atoms with van der Waals surface area (Å²) < 4.78 is 10.4. The van der Waals surface area contributed by atoms with Crippen molar-refractivity contribution in [3.63, 3.8) is 0 Å². The van der Waals surface area contributed by atoms with Gasteiger partial charge in [-0.15, -0.1) is 0 Å². The minimum Gasteiger partial charge on any atom is -0.394 e. The van der Waals surface area contributed by atoms with Gasteiger partial charge in [-0.3, -0.25) is 0 Å². The van der Waals surface area contributed by atoms with Crippen LogP contribution in [0.25, 0.3) is 0 Å². The van der Waals surface area contributed by atoms with Gasteiger partial charge in [0.15, 0.2) is 0 Å². The van der Waals surface area contributed by atoms with Crippen LogP contribution in [0, 0.1) is 0 Å². The molecule has 4 unspecified atom stereocenters. The lowest BCUT2D eigenvalue weighted by molar-refractivity contribution is -0.0611. The topological polar surface area (TPSA) is 58.9 Å². The molecule has 0 fully saturated rings. The van der Waals surface area contributed by atoms with Crippen LogP contribution in [0.4, 0.5) is 0 Å². The fourth-order valence-electron chi connectivity index (χ4n) is 1.86. The molecule has 0 bridgehead atoms. The van der Waals surface area contributed by atoms with Crippen molar-refractivity contribution in [2.75, 3.05) is 6.61 Å². The summed E-state index contributed by atoms with van der Waals surface area (Å²) in [6, 6.07) is 4.92. The van der Waals surface area contributed by atoms with E-state index in [1.165, 1.54) is 0 Å². The van der Waals surface area contributed by atoms with Gasteiger partial charge < -0.3 is 19.3 Å². The summed E-state index contributed by atoms with van der Waals surface area (Å²) in [7, 11) is 4.23. The van der Waals surface area contributed by atoms with Gasteiger partial charge in [-0.25, -0.2) is 0 Å². The number of hydrogen-bond acceptors (Lipinski definition) is 4. The maximum atomic E-state index is 10.3. The number of halogens is 2. The molecule has 4 nitrogen and oxygen atoms in total. The first kappa shape index (κ1) is 18.5. The fraction of sp³-hybridized carbons (Fsp3) is 0.500. The van der Waals surface area contributed by atoms with Crippen molar-refractivity contribution >= 4 is 42.1 Å². The number of rotatable bonds is 7. The van der Waals surface area contributed by atoms with Crippen molar-refractivity contribution < 1.29 is 19.3 Å². The van der Waals surface area contributed by atoms with Crippen LogP contribution >= 0.6 is 42.1 Å². The Bertz CT molecular complexity index is 445. The van der Waals surface area contributed by atoms with Gasteiger partial charge in [0.25, 0.3) is 0 Å². The summed E-state index contributed by atoms with van der Waals surface area (Å²) in [5.74, 6) is 0. The molecule has 0 aliphatic heterocycles. The molecule has 0 saturated heterocycles. The molecular weight excluding hydrogens is 341 g/mol. The zero-order valence-corrected chi connectivity index (χ0v) is 14.7. The first-order valence-corrected chi connectivity index (χ1v) is 7.55. The van der Waals surface area contributed by atoms with Gasteiger partial charge >= 0.3 is 0 Å². The predicted octanol–water partition coefficient (Wildman–Crippen LogP) is 3.15. The van der Waals surface area contributed by atoms with E-state index in [0.717, 1.165) is 0 Å². The SMILES string of the molecule is C[C@](CC(O)c1ccc(Cl)c(Cl)c1)(OP)C(CO)OP. The van der Waals surface area contributed by atoms with Crippen molar-refractivity contribution in [3.8, 4) is 0 Å². The molecule has 0 aliphatic rings. The van der Waals surface area contributed by atoms with Gasteiger partial charge in [0.1, 0.15) is 11.7 Å². The van der Waals surface area contributed by atoms with E-state index in [1.54, 1.807) is 25.1 Å². The van der Waals surface area contributed by atoms with Crippen LogP contribution in [0.5, 0.6) is 0 Å². The average Bonchev–Trinajstić information content (AvgIpc) is 2.43. The summed E-state index contributed by atoms with van der Waals surface area (Å²) in [5, 5.41) is 20.4. The summed E-state index contributed by atoms with van der Waals surface area (Å²) >= 11 is 11.8. The van der Waals surface area contributed by atoms with Gasteiger partial charge in [0.05, 0.1) is 22.8 Å². The quantitative estimate of drug-likeness (QED) is 0.735. The highest BCUT2D eigenvalue weighted by Crippen LogP contribution is 2.35. The Labute approximate surface area is 133 Å². The van der Waals surface area contributed by atoms with Gasteiger partial charge in [-0.1, -0.05) is 29.3 Å². The maximum absolute atomic E-state index is 10.3.